The van der Waals surface area contributed by atoms with E-state index in [9.17, 15) is 4.39 Å². The van der Waals surface area contributed by atoms with Crippen molar-refractivity contribution in [2.24, 2.45) is 5.73 Å². The largest absolute Gasteiger partial charge is 0.384 e. The molecule has 0 amide bonds. The fraction of sp³-hybridized carbons (Fsp3) is 0.312. The third-order valence-electron chi connectivity index (χ3n) is 3.41. The molecule has 0 spiro atoms. The van der Waals surface area contributed by atoms with E-state index < -0.39 is 0 Å². The van der Waals surface area contributed by atoms with Crippen LogP contribution in [0.2, 0.25) is 0 Å². The molecule has 0 aliphatic rings. The van der Waals surface area contributed by atoms with E-state index in [-0.39, 0.29) is 17.2 Å². The predicted octanol–water partition coefficient (Wildman–Crippen LogP) is 3.58. The maximum absolute atomic E-state index is 14.4. The molecule has 0 atom stereocenters. The Labute approximate surface area is 128 Å². The summed E-state index contributed by atoms with van der Waals surface area (Å²) in [6.07, 6.45) is 0. The van der Waals surface area contributed by atoms with Crippen molar-refractivity contribution in [2.75, 3.05) is 0 Å². The fourth-order valence-corrected chi connectivity index (χ4v) is 2.88. The summed E-state index contributed by atoms with van der Waals surface area (Å²) < 4.78 is 14.4. The molecular weight excluding hydrogens is 285 g/mol. The topological polar surface area (TPSA) is 53.1 Å². The SMILES string of the molecule is CC(C)N(Cc1cccs1)Cc1cccc(C(=N)N)c1F. The minimum absolute atomic E-state index is 0.173. The highest BCUT2D eigenvalue weighted by Gasteiger charge is 2.16. The van der Waals surface area contributed by atoms with Crippen LogP contribution in [0.4, 0.5) is 4.39 Å². The average molecular weight is 305 g/mol. The summed E-state index contributed by atoms with van der Waals surface area (Å²) in [6, 6.07) is 9.45. The Morgan fingerprint density at radius 3 is 2.62 bits per heavy atom. The van der Waals surface area contributed by atoms with E-state index in [1.165, 1.54) is 4.88 Å². The van der Waals surface area contributed by atoms with Crippen molar-refractivity contribution >= 4 is 17.2 Å². The average Bonchev–Trinajstić information content (AvgIpc) is 2.92. The fourth-order valence-electron chi connectivity index (χ4n) is 2.15. The van der Waals surface area contributed by atoms with Gasteiger partial charge in [0.1, 0.15) is 11.7 Å². The van der Waals surface area contributed by atoms with Crippen LogP contribution in [0.15, 0.2) is 35.7 Å². The zero-order valence-electron chi connectivity index (χ0n) is 12.3. The van der Waals surface area contributed by atoms with E-state index in [0.29, 0.717) is 18.2 Å². The van der Waals surface area contributed by atoms with E-state index in [0.717, 1.165) is 6.54 Å². The van der Waals surface area contributed by atoms with Crippen molar-refractivity contribution in [1.82, 2.24) is 4.90 Å². The van der Waals surface area contributed by atoms with Crippen LogP contribution in [0.5, 0.6) is 0 Å². The molecule has 0 unspecified atom stereocenters. The molecule has 0 saturated heterocycles. The molecule has 2 aromatic rings. The van der Waals surface area contributed by atoms with Crippen molar-refractivity contribution in [3.05, 3.63) is 57.5 Å². The van der Waals surface area contributed by atoms with Crippen molar-refractivity contribution < 1.29 is 4.39 Å². The number of nitrogen functional groups attached to an aromatic ring is 1. The van der Waals surface area contributed by atoms with Gasteiger partial charge >= 0.3 is 0 Å². The summed E-state index contributed by atoms with van der Waals surface area (Å²) in [6.45, 7) is 5.49. The Morgan fingerprint density at radius 1 is 1.29 bits per heavy atom. The number of benzene rings is 1. The maximum Gasteiger partial charge on any atom is 0.138 e. The highest BCUT2D eigenvalue weighted by Crippen LogP contribution is 2.19. The minimum Gasteiger partial charge on any atom is -0.384 e. The molecule has 0 aliphatic carbocycles. The Hall–Kier alpha value is -1.72. The van der Waals surface area contributed by atoms with Crippen LogP contribution in [0, 0.1) is 11.2 Å². The Balaban J connectivity index is 2.21. The molecule has 3 nitrogen and oxygen atoms in total. The van der Waals surface area contributed by atoms with Crippen molar-refractivity contribution in [3.8, 4) is 0 Å². The lowest BCUT2D eigenvalue weighted by Gasteiger charge is -2.26. The number of nitrogens with one attached hydrogen (secondary N) is 1. The van der Waals surface area contributed by atoms with Gasteiger partial charge in [-0.1, -0.05) is 18.2 Å². The molecular formula is C16H20FN3S. The van der Waals surface area contributed by atoms with E-state index in [2.05, 4.69) is 24.8 Å². The Bertz CT molecular complexity index is 608. The molecule has 0 bridgehead atoms. The first kappa shape index (κ1) is 15.7. The normalized spacial score (nSPS) is 11.3. The number of hydrogen-bond donors (Lipinski definition) is 2. The molecule has 0 fully saturated rings. The standard InChI is InChI=1S/C16H20FN3S/c1-11(2)20(10-13-6-4-8-21-13)9-12-5-3-7-14(15(12)17)16(18)19/h3-8,11H,9-10H2,1-2H3,(H3,18,19). The van der Waals surface area contributed by atoms with Crippen LogP contribution in [0.3, 0.4) is 0 Å². The smallest absolute Gasteiger partial charge is 0.138 e. The first-order valence-corrected chi connectivity index (χ1v) is 7.75. The molecule has 2 rings (SSSR count). The summed E-state index contributed by atoms with van der Waals surface area (Å²) in [5.74, 6) is -0.620. The predicted molar refractivity (Wildman–Crippen MR) is 86.1 cm³/mol. The molecule has 1 heterocycles. The molecule has 5 heteroatoms. The molecule has 1 aromatic carbocycles. The third-order valence-corrected chi connectivity index (χ3v) is 4.27. The van der Waals surface area contributed by atoms with Gasteiger partial charge in [-0.2, -0.15) is 0 Å². The highest BCUT2D eigenvalue weighted by atomic mass is 32.1. The molecule has 3 N–H and O–H groups in total. The molecule has 0 aliphatic heterocycles. The molecule has 0 radical (unpaired) electrons. The number of hydrogen-bond acceptors (Lipinski definition) is 3. The van der Waals surface area contributed by atoms with Gasteiger partial charge in [0, 0.05) is 29.6 Å². The van der Waals surface area contributed by atoms with Crippen LogP contribution in [-0.4, -0.2) is 16.8 Å². The maximum atomic E-state index is 14.4. The Kier molecular flexibility index (Phi) is 5.09. The van der Waals surface area contributed by atoms with Crippen molar-refractivity contribution in [2.45, 2.75) is 33.0 Å². The molecule has 0 saturated carbocycles. The number of nitrogens with zero attached hydrogens (tertiary/aromatic N) is 1. The third kappa shape index (κ3) is 3.89. The summed E-state index contributed by atoms with van der Waals surface area (Å²) >= 11 is 1.70. The number of amidine groups is 1. The number of thiophene rings is 1. The second kappa shape index (κ2) is 6.83. The van der Waals surface area contributed by atoms with Gasteiger partial charge in [-0.05, 0) is 31.4 Å². The van der Waals surface area contributed by atoms with Gasteiger partial charge in [0.15, 0.2) is 0 Å². The van der Waals surface area contributed by atoms with E-state index in [1.54, 1.807) is 29.5 Å². The first-order valence-electron chi connectivity index (χ1n) is 6.87. The van der Waals surface area contributed by atoms with E-state index in [4.69, 9.17) is 11.1 Å². The highest BCUT2D eigenvalue weighted by molar-refractivity contribution is 7.09. The number of nitrogens with two attached hydrogens (primary N) is 1. The van der Waals surface area contributed by atoms with Crippen LogP contribution < -0.4 is 5.73 Å². The lowest BCUT2D eigenvalue weighted by molar-refractivity contribution is 0.203. The van der Waals surface area contributed by atoms with Gasteiger partial charge in [-0.25, -0.2) is 4.39 Å². The van der Waals surface area contributed by atoms with Gasteiger partial charge in [-0.15, -0.1) is 11.3 Å². The van der Waals surface area contributed by atoms with Gasteiger partial charge in [0.25, 0.3) is 0 Å². The second-order valence-corrected chi connectivity index (χ2v) is 6.30. The van der Waals surface area contributed by atoms with Crippen LogP contribution in [-0.2, 0) is 13.1 Å². The number of halogens is 1. The summed E-state index contributed by atoms with van der Waals surface area (Å²) in [5, 5.41) is 9.47. The quantitative estimate of drug-likeness (QED) is 0.633. The lowest BCUT2D eigenvalue weighted by atomic mass is 10.1. The van der Waals surface area contributed by atoms with Gasteiger partial charge in [0.2, 0.25) is 0 Å². The van der Waals surface area contributed by atoms with Gasteiger partial charge in [0.05, 0.1) is 5.56 Å². The lowest BCUT2D eigenvalue weighted by Crippen LogP contribution is -2.30. The van der Waals surface area contributed by atoms with E-state index >= 15 is 0 Å². The van der Waals surface area contributed by atoms with Crippen molar-refractivity contribution in [1.29, 1.82) is 5.41 Å². The van der Waals surface area contributed by atoms with Crippen LogP contribution in [0.1, 0.15) is 29.9 Å². The van der Waals surface area contributed by atoms with Crippen LogP contribution >= 0.6 is 11.3 Å². The van der Waals surface area contributed by atoms with Crippen LogP contribution in [0.25, 0.3) is 0 Å². The number of rotatable bonds is 6. The molecule has 1 aromatic heterocycles. The first-order chi connectivity index (χ1) is 9.99. The molecule has 21 heavy (non-hydrogen) atoms. The summed E-state index contributed by atoms with van der Waals surface area (Å²) in [4.78, 5) is 3.46. The minimum atomic E-state index is -0.387. The van der Waals surface area contributed by atoms with Gasteiger partial charge < -0.3 is 5.73 Å². The summed E-state index contributed by atoms with van der Waals surface area (Å²) in [7, 11) is 0. The second-order valence-electron chi connectivity index (χ2n) is 5.27. The Morgan fingerprint density at radius 2 is 2.05 bits per heavy atom. The summed E-state index contributed by atoms with van der Waals surface area (Å²) in [5.41, 5.74) is 6.17. The zero-order valence-corrected chi connectivity index (χ0v) is 13.1. The van der Waals surface area contributed by atoms with E-state index in [1.807, 2.05) is 11.4 Å². The zero-order chi connectivity index (χ0) is 15.4. The molecule has 112 valence electrons. The van der Waals surface area contributed by atoms with Crippen molar-refractivity contribution in [3.63, 3.8) is 0 Å². The monoisotopic (exact) mass is 305 g/mol. The van der Waals surface area contributed by atoms with Gasteiger partial charge in [-0.3, -0.25) is 10.3 Å².